The molecule has 1 aromatic rings. The molecule has 0 bridgehead atoms. The van der Waals surface area contributed by atoms with E-state index in [1.807, 2.05) is 0 Å². The Bertz CT molecular complexity index is 297. The smallest absolute Gasteiger partial charge is 0.0365 e. The van der Waals surface area contributed by atoms with E-state index in [0.717, 1.165) is 0 Å². The summed E-state index contributed by atoms with van der Waals surface area (Å²) in [5, 5.41) is 0. The van der Waals surface area contributed by atoms with E-state index >= 15 is 0 Å². The van der Waals surface area contributed by atoms with Crippen LogP contribution in [0, 0.1) is 5.92 Å². The number of benzene rings is 1. The zero-order valence-electron chi connectivity index (χ0n) is 10.2. The first-order valence-electron chi connectivity index (χ1n) is 5.51. The monoisotopic (exact) mass is 206 g/mol. The highest BCUT2D eigenvalue weighted by Gasteiger charge is 2.17. The van der Waals surface area contributed by atoms with Gasteiger partial charge in [0.2, 0.25) is 0 Å². The molecule has 84 valence electrons. The fourth-order valence-corrected chi connectivity index (χ4v) is 2.18. The Balaban J connectivity index is 3.00. The average molecular weight is 206 g/mol. The summed E-state index contributed by atoms with van der Waals surface area (Å²) in [6.07, 6.45) is 0. The zero-order chi connectivity index (χ0) is 11.4. The quantitative estimate of drug-likeness (QED) is 0.819. The number of nitrogens with two attached hydrogens (primary N) is 1. The van der Waals surface area contributed by atoms with E-state index in [1.165, 1.54) is 11.1 Å². The van der Waals surface area contributed by atoms with Crippen molar-refractivity contribution in [2.24, 2.45) is 11.7 Å². The lowest BCUT2D eigenvalue weighted by atomic mass is 9.94. The Kier molecular flexibility index (Phi) is 4.30. The zero-order valence-corrected chi connectivity index (χ0v) is 10.2. The van der Waals surface area contributed by atoms with Gasteiger partial charge in [0.25, 0.3) is 0 Å². The van der Waals surface area contributed by atoms with Crippen LogP contribution in [0.25, 0.3) is 0 Å². The van der Waals surface area contributed by atoms with Gasteiger partial charge in [0, 0.05) is 12.6 Å². The molecular formula is C13H22N2. The minimum Gasteiger partial charge on any atom is -0.326 e. The number of rotatable bonds is 4. The van der Waals surface area contributed by atoms with Crippen LogP contribution in [0.3, 0.4) is 0 Å². The first-order valence-corrected chi connectivity index (χ1v) is 5.51. The highest BCUT2D eigenvalue weighted by atomic mass is 15.1. The molecule has 2 heteroatoms. The molecule has 0 aliphatic heterocycles. The van der Waals surface area contributed by atoms with E-state index in [9.17, 15) is 0 Å². The summed E-state index contributed by atoms with van der Waals surface area (Å²) in [5.74, 6) is 0.605. The van der Waals surface area contributed by atoms with Crippen LogP contribution in [0.4, 0.5) is 0 Å². The second-order valence-corrected chi connectivity index (χ2v) is 4.60. The molecule has 15 heavy (non-hydrogen) atoms. The molecule has 1 rings (SSSR count). The van der Waals surface area contributed by atoms with E-state index < -0.39 is 0 Å². The van der Waals surface area contributed by atoms with Crippen LogP contribution in [-0.2, 0) is 6.54 Å². The van der Waals surface area contributed by atoms with Gasteiger partial charge in [-0.2, -0.15) is 0 Å². The minimum atomic E-state index is 0.469. The number of hydrogen-bond donors (Lipinski definition) is 1. The van der Waals surface area contributed by atoms with Crippen molar-refractivity contribution in [1.29, 1.82) is 0 Å². The Morgan fingerprint density at radius 2 is 1.93 bits per heavy atom. The van der Waals surface area contributed by atoms with Crippen molar-refractivity contribution in [2.45, 2.75) is 26.4 Å². The lowest BCUT2D eigenvalue weighted by Gasteiger charge is -2.28. The number of hydrogen-bond acceptors (Lipinski definition) is 2. The van der Waals surface area contributed by atoms with Gasteiger partial charge in [-0.15, -0.1) is 0 Å². The van der Waals surface area contributed by atoms with Gasteiger partial charge in [0.05, 0.1) is 0 Å². The van der Waals surface area contributed by atoms with Crippen molar-refractivity contribution in [3.63, 3.8) is 0 Å². The van der Waals surface area contributed by atoms with E-state index in [2.05, 4.69) is 57.1 Å². The van der Waals surface area contributed by atoms with E-state index in [4.69, 9.17) is 5.73 Å². The molecule has 0 amide bonds. The van der Waals surface area contributed by atoms with Crippen LogP contribution < -0.4 is 5.73 Å². The van der Waals surface area contributed by atoms with E-state index in [-0.39, 0.29) is 0 Å². The molecule has 0 aliphatic carbocycles. The van der Waals surface area contributed by atoms with Crippen molar-refractivity contribution in [2.75, 3.05) is 14.1 Å². The van der Waals surface area contributed by atoms with Gasteiger partial charge in [-0.25, -0.2) is 0 Å². The number of nitrogens with zero attached hydrogens (tertiary/aromatic N) is 1. The van der Waals surface area contributed by atoms with Gasteiger partial charge >= 0.3 is 0 Å². The molecule has 0 saturated heterocycles. The third-order valence-electron chi connectivity index (χ3n) is 2.72. The van der Waals surface area contributed by atoms with Crippen LogP contribution in [0.2, 0.25) is 0 Å². The third kappa shape index (κ3) is 3.05. The molecule has 0 aromatic heterocycles. The standard InChI is InChI=1S/C13H22N2/c1-10(2)13(15(3)4)12-7-5-6-11(8-12)9-14/h5-8,10,13H,9,14H2,1-4H3. The molecule has 1 atom stereocenters. The summed E-state index contributed by atoms with van der Waals surface area (Å²) in [4.78, 5) is 2.26. The largest absolute Gasteiger partial charge is 0.326 e. The maximum absolute atomic E-state index is 5.66. The highest BCUT2D eigenvalue weighted by Crippen LogP contribution is 2.26. The lowest BCUT2D eigenvalue weighted by Crippen LogP contribution is -2.24. The lowest BCUT2D eigenvalue weighted by molar-refractivity contribution is 0.235. The molecule has 0 saturated carbocycles. The van der Waals surface area contributed by atoms with Crippen molar-refractivity contribution in [3.05, 3.63) is 35.4 Å². The Hall–Kier alpha value is -0.860. The van der Waals surface area contributed by atoms with E-state index in [1.54, 1.807) is 0 Å². The molecule has 0 aliphatic rings. The normalized spacial score (nSPS) is 13.5. The fourth-order valence-electron chi connectivity index (χ4n) is 2.18. The maximum atomic E-state index is 5.66. The van der Waals surface area contributed by atoms with Crippen LogP contribution in [0.15, 0.2) is 24.3 Å². The fraction of sp³-hybridized carbons (Fsp3) is 0.538. The minimum absolute atomic E-state index is 0.469. The Morgan fingerprint density at radius 1 is 1.27 bits per heavy atom. The third-order valence-corrected chi connectivity index (χ3v) is 2.72. The van der Waals surface area contributed by atoms with E-state index in [0.29, 0.717) is 18.5 Å². The molecule has 0 radical (unpaired) electrons. The first-order chi connectivity index (χ1) is 7.06. The molecule has 2 N–H and O–H groups in total. The molecule has 1 unspecified atom stereocenters. The average Bonchev–Trinajstić information content (AvgIpc) is 2.17. The topological polar surface area (TPSA) is 29.3 Å². The predicted molar refractivity (Wildman–Crippen MR) is 65.6 cm³/mol. The van der Waals surface area contributed by atoms with Gasteiger partial charge in [0.15, 0.2) is 0 Å². The molecule has 0 heterocycles. The summed E-state index contributed by atoms with van der Waals surface area (Å²) in [5.41, 5.74) is 8.23. The second kappa shape index (κ2) is 5.29. The van der Waals surface area contributed by atoms with Crippen molar-refractivity contribution >= 4 is 0 Å². The molecule has 0 spiro atoms. The van der Waals surface area contributed by atoms with Gasteiger partial charge in [-0.1, -0.05) is 38.1 Å². The molecule has 1 aromatic carbocycles. The molecule has 2 nitrogen and oxygen atoms in total. The maximum Gasteiger partial charge on any atom is 0.0365 e. The van der Waals surface area contributed by atoms with Crippen LogP contribution >= 0.6 is 0 Å². The van der Waals surface area contributed by atoms with Crippen LogP contribution in [0.1, 0.15) is 31.0 Å². The predicted octanol–water partition coefficient (Wildman–Crippen LogP) is 2.40. The summed E-state index contributed by atoms with van der Waals surface area (Å²) in [6, 6.07) is 9.04. The van der Waals surface area contributed by atoms with Crippen molar-refractivity contribution < 1.29 is 0 Å². The van der Waals surface area contributed by atoms with Crippen molar-refractivity contribution in [1.82, 2.24) is 4.90 Å². The SMILES string of the molecule is CC(C)C(c1cccc(CN)c1)N(C)C. The van der Waals surface area contributed by atoms with Crippen molar-refractivity contribution in [3.8, 4) is 0 Å². The van der Waals surface area contributed by atoms with Gasteiger partial charge in [-0.05, 0) is 31.1 Å². The summed E-state index contributed by atoms with van der Waals surface area (Å²) in [7, 11) is 4.25. The van der Waals surface area contributed by atoms with Crippen LogP contribution in [0.5, 0.6) is 0 Å². The van der Waals surface area contributed by atoms with Gasteiger partial charge < -0.3 is 10.6 Å². The van der Waals surface area contributed by atoms with Gasteiger partial charge in [0.1, 0.15) is 0 Å². The van der Waals surface area contributed by atoms with Crippen LogP contribution in [-0.4, -0.2) is 19.0 Å². The molecular weight excluding hydrogens is 184 g/mol. The van der Waals surface area contributed by atoms with Gasteiger partial charge in [-0.3, -0.25) is 0 Å². The second-order valence-electron chi connectivity index (χ2n) is 4.60. The Morgan fingerprint density at radius 3 is 2.40 bits per heavy atom. The highest BCUT2D eigenvalue weighted by molar-refractivity contribution is 5.26. The molecule has 0 fully saturated rings. The summed E-state index contributed by atoms with van der Waals surface area (Å²) < 4.78 is 0. The summed E-state index contributed by atoms with van der Waals surface area (Å²) in [6.45, 7) is 5.12. The Labute approximate surface area is 93.1 Å². The summed E-state index contributed by atoms with van der Waals surface area (Å²) >= 11 is 0. The first kappa shape index (κ1) is 12.2.